The normalized spacial score (nSPS) is 11.6. The van der Waals surface area contributed by atoms with Crippen molar-refractivity contribution in [1.29, 1.82) is 5.41 Å². The second-order valence-corrected chi connectivity index (χ2v) is 5.01. The average Bonchev–Trinajstić information content (AvgIpc) is 2.44. The Bertz CT molecular complexity index is 529. The van der Waals surface area contributed by atoms with Crippen molar-refractivity contribution in [2.24, 2.45) is 0 Å². The van der Waals surface area contributed by atoms with Crippen molar-refractivity contribution >= 4 is 35.0 Å². The van der Waals surface area contributed by atoms with Crippen molar-refractivity contribution in [2.45, 2.75) is 11.1 Å². The van der Waals surface area contributed by atoms with Gasteiger partial charge in [-0.05, 0) is 29.7 Å². The van der Waals surface area contributed by atoms with Crippen molar-refractivity contribution in [3.8, 4) is 0 Å². The topological polar surface area (TPSA) is 50.1 Å². The highest BCUT2D eigenvalue weighted by Gasteiger charge is 2.29. The number of thioether (sulfide) groups is 1. The third kappa shape index (κ3) is 6.68. The van der Waals surface area contributed by atoms with Gasteiger partial charge in [-0.15, -0.1) is 11.6 Å². The summed E-state index contributed by atoms with van der Waals surface area (Å²) in [6.07, 6.45) is -3.06. The molecule has 8 heteroatoms. The van der Waals surface area contributed by atoms with Crippen LogP contribution in [-0.4, -0.2) is 24.2 Å². The van der Waals surface area contributed by atoms with Crippen LogP contribution in [0.15, 0.2) is 40.6 Å². The first-order valence-electron chi connectivity index (χ1n) is 5.62. The molecule has 21 heavy (non-hydrogen) atoms. The molecule has 0 spiro atoms. The van der Waals surface area contributed by atoms with E-state index in [9.17, 15) is 18.0 Å². The fourth-order valence-electron chi connectivity index (χ4n) is 1.14. The molecule has 1 rings (SSSR count). The van der Waals surface area contributed by atoms with Gasteiger partial charge in [0.2, 0.25) is 5.90 Å². The average molecular weight is 338 g/mol. The maximum absolute atomic E-state index is 12.4. The van der Waals surface area contributed by atoms with Crippen LogP contribution in [0.5, 0.6) is 0 Å². The SMILES string of the molecule is N=C(/C=C/Sc1ccc(C(F)(F)F)cc1)OCC(=O)CCl. The highest BCUT2D eigenvalue weighted by atomic mass is 35.5. The van der Waals surface area contributed by atoms with Crippen molar-refractivity contribution in [1.82, 2.24) is 0 Å². The quantitative estimate of drug-likeness (QED) is 0.368. The third-order valence-electron chi connectivity index (χ3n) is 2.14. The standard InChI is InChI=1S/C13H11ClF3NO2S/c14-7-10(19)8-20-12(18)5-6-21-11-3-1-9(2-4-11)13(15,16)17/h1-6,18H,7-8H2/b6-5+,18-12?. The minimum atomic E-state index is -4.36. The lowest BCUT2D eigenvalue weighted by Gasteiger charge is -2.06. The monoisotopic (exact) mass is 337 g/mol. The van der Waals surface area contributed by atoms with Crippen molar-refractivity contribution in [3.63, 3.8) is 0 Å². The second kappa shape index (κ2) is 8.09. The number of ether oxygens (including phenoxy) is 1. The molecule has 1 aromatic rings. The molecule has 1 N–H and O–H groups in total. The fourth-order valence-corrected chi connectivity index (χ4v) is 1.86. The molecule has 0 atom stereocenters. The first kappa shape index (κ1) is 17.6. The molecule has 0 aliphatic heterocycles. The Balaban J connectivity index is 2.46. The summed E-state index contributed by atoms with van der Waals surface area (Å²) in [5, 5.41) is 8.85. The smallest absolute Gasteiger partial charge is 0.416 e. The Kier molecular flexibility index (Phi) is 6.77. The summed E-state index contributed by atoms with van der Waals surface area (Å²) in [7, 11) is 0. The number of benzene rings is 1. The fraction of sp³-hybridized carbons (Fsp3) is 0.231. The van der Waals surface area contributed by atoms with Gasteiger partial charge in [-0.3, -0.25) is 10.2 Å². The Hall–Kier alpha value is -1.47. The molecular weight excluding hydrogens is 327 g/mol. The van der Waals surface area contributed by atoms with E-state index >= 15 is 0 Å². The molecule has 0 saturated carbocycles. The molecular formula is C13H11ClF3NO2S. The van der Waals surface area contributed by atoms with Gasteiger partial charge in [-0.1, -0.05) is 11.8 Å². The van der Waals surface area contributed by atoms with Crippen molar-refractivity contribution < 1.29 is 22.7 Å². The van der Waals surface area contributed by atoms with Gasteiger partial charge in [0.25, 0.3) is 0 Å². The van der Waals surface area contributed by atoms with E-state index in [2.05, 4.69) is 0 Å². The molecule has 0 fully saturated rings. The first-order chi connectivity index (χ1) is 9.82. The zero-order chi connectivity index (χ0) is 15.9. The van der Waals surface area contributed by atoms with E-state index in [1.807, 2.05) is 0 Å². The molecule has 0 aromatic heterocycles. The van der Waals surface area contributed by atoms with E-state index in [-0.39, 0.29) is 24.2 Å². The van der Waals surface area contributed by atoms with Gasteiger partial charge in [0.1, 0.15) is 6.61 Å². The summed E-state index contributed by atoms with van der Waals surface area (Å²) in [6, 6.07) is 4.63. The van der Waals surface area contributed by atoms with Crippen LogP contribution in [0.4, 0.5) is 13.2 Å². The van der Waals surface area contributed by atoms with E-state index in [1.165, 1.54) is 23.6 Å². The number of ketones is 1. The van der Waals surface area contributed by atoms with Gasteiger partial charge >= 0.3 is 6.18 Å². The molecule has 114 valence electrons. The highest BCUT2D eigenvalue weighted by Crippen LogP contribution is 2.30. The number of rotatable bonds is 6. The van der Waals surface area contributed by atoms with Crippen LogP contribution in [0.25, 0.3) is 0 Å². The minimum absolute atomic E-state index is 0.183. The molecule has 0 aliphatic rings. The number of Topliss-reactive ketones (excluding diaryl/α,β-unsaturated/α-hetero) is 1. The summed E-state index contributed by atoms with van der Waals surface area (Å²) < 4.78 is 41.9. The van der Waals surface area contributed by atoms with Crippen molar-refractivity contribution in [2.75, 3.05) is 12.5 Å². The molecule has 0 radical (unpaired) electrons. The van der Waals surface area contributed by atoms with Gasteiger partial charge in [0.15, 0.2) is 5.78 Å². The van der Waals surface area contributed by atoms with E-state index in [1.54, 1.807) is 0 Å². The number of hydrogen-bond acceptors (Lipinski definition) is 4. The zero-order valence-corrected chi connectivity index (χ0v) is 12.2. The van der Waals surface area contributed by atoms with Crippen LogP contribution >= 0.6 is 23.4 Å². The van der Waals surface area contributed by atoms with E-state index in [0.29, 0.717) is 4.90 Å². The number of nitrogens with one attached hydrogen (secondary N) is 1. The number of halogens is 4. The molecule has 0 heterocycles. The molecule has 0 aliphatic carbocycles. The van der Waals surface area contributed by atoms with Gasteiger partial charge in [0.05, 0.1) is 11.4 Å². The second-order valence-electron chi connectivity index (χ2n) is 3.77. The molecule has 0 saturated heterocycles. The maximum Gasteiger partial charge on any atom is 0.416 e. The van der Waals surface area contributed by atoms with Gasteiger partial charge < -0.3 is 4.74 Å². The predicted octanol–water partition coefficient (Wildman–Crippen LogP) is 4.11. The van der Waals surface area contributed by atoms with Crippen molar-refractivity contribution in [3.05, 3.63) is 41.3 Å². The highest BCUT2D eigenvalue weighted by molar-refractivity contribution is 8.02. The number of hydrogen-bond donors (Lipinski definition) is 1. The molecule has 3 nitrogen and oxygen atoms in total. The molecule has 0 bridgehead atoms. The Morgan fingerprint density at radius 2 is 1.95 bits per heavy atom. The summed E-state index contributed by atoms with van der Waals surface area (Å²) in [5.41, 5.74) is -0.716. The number of carbonyl (C=O) groups is 1. The first-order valence-corrected chi connectivity index (χ1v) is 7.04. The van der Waals surface area contributed by atoms with Crippen LogP contribution in [0.2, 0.25) is 0 Å². The van der Waals surface area contributed by atoms with Crippen LogP contribution < -0.4 is 0 Å². The van der Waals surface area contributed by atoms with Crippen LogP contribution in [-0.2, 0) is 15.7 Å². The lowest BCUT2D eigenvalue weighted by atomic mass is 10.2. The maximum atomic E-state index is 12.4. The van der Waals surface area contributed by atoms with Gasteiger partial charge in [-0.2, -0.15) is 13.2 Å². The molecule has 0 amide bonds. The Morgan fingerprint density at radius 3 is 2.48 bits per heavy atom. The summed E-state index contributed by atoms with van der Waals surface area (Å²) >= 11 is 6.39. The largest absolute Gasteiger partial charge is 0.470 e. The third-order valence-corrected chi connectivity index (χ3v) is 3.26. The van der Waals surface area contributed by atoms with E-state index < -0.39 is 11.7 Å². The molecule has 0 unspecified atom stereocenters. The molecule has 1 aromatic carbocycles. The van der Waals surface area contributed by atoms with E-state index in [4.69, 9.17) is 21.7 Å². The van der Waals surface area contributed by atoms with Crippen LogP contribution in [0.3, 0.4) is 0 Å². The lowest BCUT2D eigenvalue weighted by Crippen LogP contribution is -2.12. The van der Waals surface area contributed by atoms with Crippen LogP contribution in [0, 0.1) is 5.41 Å². The summed E-state index contributed by atoms with van der Waals surface area (Å²) in [4.78, 5) is 11.4. The number of carbonyl (C=O) groups excluding carboxylic acids is 1. The minimum Gasteiger partial charge on any atom is -0.470 e. The lowest BCUT2D eigenvalue weighted by molar-refractivity contribution is -0.137. The van der Waals surface area contributed by atoms with Gasteiger partial charge in [0, 0.05) is 11.0 Å². The Morgan fingerprint density at radius 1 is 1.33 bits per heavy atom. The van der Waals surface area contributed by atoms with Gasteiger partial charge in [-0.25, -0.2) is 0 Å². The summed E-state index contributed by atoms with van der Waals surface area (Å²) in [6.45, 7) is -0.280. The zero-order valence-electron chi connectivity index (χ0n) is 10.6. The predicted molar refractivity (Wildman–Crippen MR) is 75.8 cm³/mol. The Labute approximate surface area is 128 Å². The number of alkyl halides is 4. The van der Waals surface area contributed by atoms with E-state index in [0.717, 1.165) is 23.9 Å². The van der Waals surface area contributed by atoms with Crippen LogP contribution in [0.1, 0.15) is 5.56 Å². The summed E-state index contributed by atoms with van der Waals surface area (Å²) in [5.74, 6) is -0.754.